The molecule has 4 heterocycles. The summed E-state index contributed by atoms with van der Waals surface area (Å²) in [7, 11) is -6.15. The highest BCUT2D eigenvalue weighted by atomic mass is 32.2. The van der Waals surface area contributed by atoms with Crippen LogP contribution >= 0.6 is 18.9 Å². The zero-order valence-corrected chi connectivity index (χ0v) is 25.5. The number of benzene rings is 1. The van der Waals surface area contributed by atoms with Crippen LogP contribution < -0.4 is 4.74 Å². The van der Waals surface area contributed by atoms with Crippen LogP contribution in [0.25, 0.3) is 21.6 Å². The number of aromatic nitrogens is 3. The van der Waals surface area contributed by atoms with Gasteiger partial charge in [0.25, 0.3) is 0 Å². The van der Waals surface area contributed by atoms with Crippen molar-refractivity contribution in [2.24, 2.45) is 0 Å². The first-order valence-electron chi connectivity index (χ1n) is 13.1. The van der Waals surface area contributed by atoms with Gasteiger partial charge in [0, 0.05) is 47.3 Å². The normalized spacial score (nSPS) is 16.6. The number of likely N-dealkylation sites (tertiary alicyclic amines) is 1. The van der Waals surface area contributed by atoms with Gasteiger partial charge in [-0.05, 0) is 49.6 Å². The number of carbonyl (C=O) groups is 1. The average molecular weight is 619 g/mol. The highest BCUT2D eigenvalue weighted by Crippen LogP contribution is 2.62. The number of H-pyrrole nitrogens is 1. The van der Waals surface area contributed by atoms with Crippen LogP contribution in [0.4, 0.5) is 0 Å². The Kier molecular flexibility index (Phi) is 7.62. The number of rotatable bonds is 9. The monoisotopic (exact) mass is 618 g/mol. The van der Waals surface area contributed by atoms with E-state index in [0.717, 1.165) is 22.7 Å². The maximum atomic E-state index is 12.5. The van der Waals surface area contributed by atoms with Gasteiger partial charge in [0.15, 0.2) is 14.9 Å². The van der Waals surface area contributed by atoms with Gasteiger partial charge < -0.3 is 24.4 Å². The molecule has 5 rings (SSSR count). The van der Waals surface area contributed by atoms with Crippen molar-refractivity contribution in [2.75, 3.05) is 13.3 Å². The molecule has 218 valence electrons. The molecule has 1 aliphatic heterocycles. The number of pyridine rings is 1. The number of sulfone groups is 1. The lowest BCUT2D eigenvalue weighted by atomic mass is 10.0. The maximum absolute atomic E-state index is 12.5. The largest absolute Gasteiger partial charge is 0.455 e. The smallest absolute Gasteiger partial charge is 0.336 e. The fourth-order valence-electron chi connectivity index (χ4n) is 5.35. The zero-order valence-electron chi connectivity index (χ0n) is 23.0. The van der Waals surface area contributed by atoms with E-state index in [2.05, 4.69) is 15.0 Å². The van der Waals surface area contributed by atoms with Gasteiger partial charge in [-0.3, -0.25) is 9.36 Å². The molecule has 1 unspecified atom stereocenters. The van der Waals surface area contributed by atoms with Crippen LogP contribution in [0.1, 0.15) is 56.0 Å². The molecule has 14 heteroatoms. The summed E-state index contributed by atoms with van der Waals surface area (Å²) in [6.45, 7) is 3.53. The summed E-state index contributed by atoms with van der Waals surface area (Å²) in [6.07, 6.45) is 5.56. The summed E-state index contributed by atoms with van der Waals surface area (Å²) in [5.41, 5.74) is 2.24. The standard InChI is InChI=1S/C27H31N4O7PS2/c1-5-27(6-2,39(33,34)35)23-15-29-26(40-23)20-11-16-12-22(38-17-7-9-24(28-14-17)41(4,36)37)18(13-19(16)30-20)21-8-10-25(32)31(21)3/h7,9,11-15,21,30H,5-6,8,10H2,1-4H3,(H2,33,34,35). The van der Waals surface area contributed by atoms with Crippen molar-refractivity contribution in [3.8, 4) is 22.2 Å². The van der Waals surface area contributed by atoms with Crippen molar-refractivity contribution in [2.45, 2.75) is 55.8 Å². The first-order valence-corrected chi connectivity index (χ1v) is 17.4. The third-order valence-corrected chi connectivity index (χ3v) is 12.2. The lowest BCUT2D eigenvalue weighted by Gasteiger charge is -2.30. The van der Waals surface area contributed by atoms with Crippen LogP contribution in [-0.2, 0) is 24.4 Å². The van der Waals surface area contributed by atoms with E-state index in [1.807, 2.05) is 18.2 Å². The fourth-order valence-corrected chi connectivity index (χ4v) is 8.69. The summed E-state index contributed by atoms with van der Waals surface area (Å²) in [5.74, 6) is 0.877. The molecule has 3 N–H and O–H groups in total. The molecule has 1 aliphatic rings. The van der Waals surface area contributed by atoms with E-state index >= 15 is 0 Å². The van der Waals surface area contributed by atoms with Crippen molar-refractivity contribution < 1.29 is 32.3 Å². The molecular formula is C27H31N4O7PS2. The maximum Gasteiger partial charge on any atom is 0.336 e. The van der Waals surface area contributed by atoms with Crippen LogP contribution in [-0.4, -0.2) is 57.3 Å². The molecule has 1 saturated heterocycles. The molecular weight excluding hydrogens is 587 g/mol. The van der Waals surface area contributed by atoms with E-state index in [9.17, 15) is 27.6 Å². The van der Waals surface area contributed by atoms with Crippen LogP contribution in [0.2, 0.25) is 0 Å². The van der Waals surface area contributed by atoms with E-state index in [1.54, 1.807) is 32.0 Å². The van der Waals surface area contributed by atoms with Crippen LogP contribution in [0.5, 0.6) is 11.5 Å². The number of hydrogen-bond donors (Lipinski definition) is 3. The predicted molar refractivity (Wildman–Crippen MR) is 156 cm³/mol. The van der Waals surface area contributed by atoms with Gasteiger partial charge in [-0.1, -0.05) is 13.8 Å². The number of hydrogen-bond acceptors (Lipinski definition) is 8. The molecule has 1 atom stereocenters. The minimum Gasteiger partial charge on any atom is -0.455 e. The highest BCUT2D eigenvalue weighted by Gasteiger charge is 2.47. The molecule has 1 fully saturated rings. The fraction of sp³-hybridized carbons (Fsp3) is 0.370. The first-order chi connectivity index (χ1) is 19.3. The third kappa shape index (κ3) is 5.32. The molecule has 1 aromatic carbocycles. The van der Waals surface area contributed by atoms with Gasteiger partial charge in [0.2, 0.25) is 5.91 Å². The second kappa shape index (κ2) is 10.6. The third-order valence-electron chi connectivity index (χ3n) is 7.84. The quantitative estimate of drug-likeness (QED) is 0.209. The SMILES string of the molecule is CCC(CC)(c1cnc(-c2cc3cc(Oc4ccc(S(C)(=O)=O)nc4)c(C4CCC(=O)N4C)cc3[nH]2)s1)P(=O)(O)O. The summed E-state index contributed by atoms with van der Waals surface area (Å²) in [6, 6.07) is 8.36. The Morgan fingerprint density at radius 2 is 1.90 bits per heavy atom. The molecule has 11 nitrogen and oxygen atoms in total. The highest BCUT2D eigenvalue weighted by molar-refractivity contribution is 7.90. The molecule has 0 bridgehead atoms. The van der Waals surface area contributed by atoms with Gasteiger partial charge in [-0.2, -0.15) is 0 Å². The molecule has 4 aromatic rings. The minimum absolute atomic E-state index is 0.0306. The molecule has 3 aromatic heterocycles. The average Bonchev–Trinajstić information content (AvgIpc) is 3.63. The van der Waals surface area contributed by atoms with Gasteiger partial charge in [0.1, 0.15) is 21.7 Å². The molecule has 0 aliphatic carbocycles. The topological polar surface area (TPSA) is 163 Å². The molecule has 0 saturated carbocycles. The molecule has 0 spiro atoms. The summed E-state index contributed by atoms with van der Waals surface area (Å²) in [4.78, 5) is 46.8. The number of thiazole rings is 1. The summed E-state index contributed by atoms with van der Waals surface area (Å²) >= 11 is 1.25. The Labute approximate surface area is 241 Å². The lowest BCUT2D eigenvalue weighted by molar-refractivity contribution is -0.127. The van der Waals surface area contributed by atoms with E-state index in [1.165, 1.54) is 29.7 Å². The number of ether oxygens (including phenoxy) is 1. The van der Waals surface area contributed by atoms with E-state index in [-0.39, 0.29) is 29.8 Å². The summed E-state index contributed by atoms with van der Waals surface area (Å²) in [5, 5.41) is 0.0430. The van der Waals surface area contributed by atoms with Crippen molar-refractivity contribution >= 4 is 45.6 Å². The Morgan fingerprint density at radius 3 is 2.46 bits per heavy atom. The number of aromatic amines is 1. The van der Waals surface area contributed by atoms with Gasteiger partial charge in [-0.25, -0.2) is 18.4 Å². The van der Waals surface area contributed by atoms with Gasteiger partial charge in [0.05, 0.1) is 17.9 Å². The first kappa shape index (κ1) is 29.4. The van der Waals surface area contributed by atoms with Crippen LogP contribution in [0.3, 0.4) is 0 Å². The Morgan fingerprint density at radius 1 is 1.17 bits per heavy atom. The van der Waals surface area contributed by atoms with E-state index < -0.39 is 22.6 Å². The number of nitrogens with zero attached hydrogens (tertiary/aromatic N) is 3. The van der Waals surface area contributed by atoms with Crippen molar-refractivity contribution in [3.63, 3.8) is 0 Å². The molecule has 1 amide bonds. The second-order valence-electron chi connectivity index (χ2n) is 10.2. The number of amides is 1. The van der Waals surface area contributed by atoms with Crippen molar-refractivity contribution in [1.82, 2.24) is 19.9 Å². The summed E-state index contributed by atoms with van der Waals surface area (Å²) < 4.78 is 42.3. The Balaban J connectivity index is 1.57. The number of fused-ring (bicyclic) bond motifs is 1. The molecule has 41 heavy (non-hydrogen) atoms. The van der Waals surface area contributed by atoms with Crippen molar-refractivity contribution in [1.29, 1.82) is 0 Å². The van der Waals surface area contributed by atoms with E-state index in [0.29, 0.717) is 39.9 Å². The minimum atomic E-state index is -4.44. The van der Waals surface area contributed by atoms with Crippen LogP contribution in [0, 0.1) is 0 Å². The Hall–Kier alpha value is -3.09. The second-order valence-corrected chi connectivity index (χ2v) is 15.2. The number of nitrogens with one attached hydrogen (secondary N) is 1. The Bertz CT molecular complexity index is 1770. The van der Waals surface area contributed by atoms with Crippen LogP contribution in [0.15, 0.2) is 47.8 Å². The van der Waals surface area contributed by atoms with Gasteiger partial charge in [-0.15, -0.1) is 11.3 Å². The van der Waals surface area contributed by atoms with E-state index in [4.69, 9.17) is 4.74 Å². The van der Waals surface area contributed by atoms with Gasteiger partial charge >= 0.3 is 7.60 Å². The molecule has 0 radical (unpaired) electrons. The predicted octanol–water partition coefficient (Wildman–Crippen LogP) is 5.37. The lowest BCUT2D eigenvalue weighted by Crippen LogP contribution is -2.23. The zero-order chi connectivity index (χ0) is 29.7. The number of carbonyl (C=O) groups excluding carboxylic acids is 1. The van der Waals surface area contributed by atoms with Crippen molar-refractivity contribution in [3.05, 3.63) is 53.2 Å².